The summed E-state index contributed by atoms with van der Waals surface area (Å²) in [5, 5.41) is 4.88. The fourth-order valence-electron chi connectivity index (χ4n) is 2.95. The highest BCUT2D eigenvalue weighted by Gasteiger charge is 2.32. The van der Waals surface area contributed by atoms with Crippen molar-refractivity contribution in [3.8, 4) is 0 Å². The zero-order valence-electron chi connectivity index (χ0n) is 10.1. The van der Waals surface area contributed by atoms with Crippen LogP contribution in [0.25, 0.3) is 0 Å². The maximum Gasteiger partial charge on any atom is 0.156 e. The third-order valence-corrected chi connectivity index (χ3v) is 5.47. The first-order chi connectivity index (χ1) is 7.83. The maximum atomic E-state index is 4.77. The number of amidine groups is 1. The summed E-state index contributed by atoms with van der Waals surface area (Å²) in [5.41, 5.74) is 0. The van der Waals surface area contributed by atoms with Gasteiger partial charge in [-0.2, -0.15) is 0 Å². The molecule has 3 fully saturated rings. The van der Waals surface area contributed by atoms with E-state index in [9.17, 15) is 0 Å². The molecule has 0 radical (unpaired) electrons. The molecule has 1 N–H and O–H groups in total. The Morgan fingerprint density at radius 1 is 1.38 bits per heavy atom. The highest BCUT2D eigenvalue weighted by Crippen LogP contribution is 2.37. The molecule has 90 valence electrons. The van der Waals surface area contributed by atoms with E-state index in [1.807, 2.05) is 11.8 Å². The van der Waals surface area contributed by atoms with E-state index in [1.54, 1.807) is 0 Å². The van der Waals surface area contributed by atoms with Crippen LogP contribution in [0.5, 0.6) is 0 Å². The van der Waals surface area contributed by atoms with Gasteiger partial charge in [-0.05, 0) is 43.4 Å². The highest BCUT2D eigenvalue weighted by molar-refractivity contribution is 8.13. The van der Waals surface area contributed by atoms with Crippen LogP contribution in [0.3, 0.4) is 0 Å². The molecule has 0 aromatic carbocycles. The molecule has 2 nitrogen and oxygen atoms in total. The van der Waals surface area contributed by atoms with E-state index in [2.05, 4.69) is 12.2 Å². The first kappa shape index (κ1) is 10.9. The van der Waals surface area contributed by atoms with Crippen LogP contribution in [0, 0.1) is 17.8 Å². The molecule has 2 aliphatic carbocycles. The predicted molar refractivity (Wildman–Crippen MR) is 70.9 cm³/mol. The van der Waals surface area contributed by atoms with Crippen molar-refractivity contribution in [3.63, 3.8) is 0 Å². The fraction of sp³-hybridized carbons (Fsp3) is 0.923. The molecular weight excluding hydrogens is 216 g/mol. The van der Waals surface area contributed by atoms with Crippen LogP contribution in [0.4, 0.5) is 0 Å². The lowest BCUT2D eigenvalue weighted by molar-refractivity contribution is 0.485. The van der Waals surface area contributed by atoms with Gasteiger partial charge >= 0.3 is 0 Å². The van der Waals surface area contributed by atoms with Gasteiger partial charge in [-0.15, -0.1) is 0 Å². The molecule has 0 aromatic rings. The molecule has 0 amide bonds. The molecule has 3 heteroatoms. The van der Waals surface area contributed by atoms with Crippen molar-refractivity contribution in [2.45, 2.75) is 45.1 Å². The van der Waals surface area contributed by atoms with Gasteiger partial charge in [-0.1, -0.05) is 25.1 Å². The van der Waals surface area contributed by atoms with Gasteiger partial charge in [0.25, 0.3) is 0 Å². The first-order valence-corrected chi connectivity index (χ1v) is 7.75. The zero-order chi connectivity index (χ0) is 11.0. The van der Waals surface area contributed by atoms with Crippen LogP contribution < -0.4 is 5.32 Å². The van der Waals surface area contributed by atoms with Gasteiger partial charge in [0.15, 0.2) is 5.17 Å². The average molecular weight is 238 g/mol. The SMILES string of the molecule is CC(CN=C1NC2CCCC2CS1)C1CC1. The molecule has 3 unspecified atom stereocenters. The Labute approximate surface area is 103 Å². The largest absolute Gasteiger partial charge is 0.362 e. The molecule has 3 rings (SSSR count). The highest BCUT2D eigenvalue weighted by atomic mass is 32.2. The summed E-state index contributed by atoms with van der Waals surface area (Å²) in [6.45, 7) is 3.39. The second-order valence-electron chi connectivity index (χ2n) is 5.71. The van der Waals surface area contributed by atoms with Crippen molar-refractivity contribution < 1.29 is 0 Å². The van der Waals surface area contributed by atoms with Gasteiger partial charge in [-0.3, -0.25) is 4.99 Å². The summed E-state index contributed by atoms with van der Waals surface area (Å²) in [6, 6.07) is 0.747. The smallest absolute Gasteiger partial charge is 0.156 e. The Balaban J connectivity index is 1.52. The second-order valence-corrected chi connectivity index (χ2v) is 6.72. The Bertz CT molecular complexity index is 286. The average Bonchev–Trinajstić information content (AvgIpc) is 3.04. The number of hydrogen-bond donors (Lipinski definition) is 1. The minimum absolute atomic E-state index is 0.747. The number of aliphatic imine (C=N–C) groups is 1. The maximum absolute atomic E-state index is 4.77. The molecule has 3 aliphatic rings. The van der Waals surface area contributed by atoms with E-state index in [4.69, 9.17) is 4.99 Å². The van der Waals surface area contributed by atoms with Crippen LogP contribution in [-0.4, -0.2) is 23.5 Å². The topological polar surface area (TPSA) is 24.4 Å². The lowest BCUT2D eigenvalue weighted by atomic mass is 10.1. The van der Waals surface area contributed by atoms with E-state index in [1.165, 1.54) is 43.0 Å². The van der Waals surface area contributed by atoms with Crippen molar-refractivity contribution in [1.82, 2.24) is 5.32 Å². The van der Waals surface area contributed by atoms with Gasteiger partial charge in [-0.25, -0.2) is 0 Å². The van der Waals surface area contributed by atoms with Crippen LogP contribution in [-0.2, 0) is 0 Å². The van der Waals surface area contributed by atoms with Crippen molar-refractivity contribution in [2.24, 2.45) is 22.7 Å². The van der Waals surface area contributed by atoms with Gasteiger partial charge in [0.2, 0.25) is 0 Å². The third-order valence-electron chi connectivity index (χ3n) is 4.35. The predicted octanol–water partition coefficient (Wildman–Crippen LogP) is 2.89. The molecule has 1 saturated heterocycles. The number of nitrogens with one attached hydrogen (secondary N) is 1. The summed E-state index contributed by atoms with van der Waals surface area (Å²) in [7, 11) is 0. The Morgan fingerprint density at radius 3 is 3.06 bits per heavy atom. The Hall–Kier alpha value is -0.180. The number of nitrogens with zero attached hydrogens (tertiary/aromatic N) is 1. The van der Waals surface area contributed by atoms with Crippen molar-refractivity contribution in [1.29, 1.82) is 0 Å². The summed E-state index contributed by atoms with van der Waals surface area (Å²) in [6.07, 6.45) is 7.09. The third kappa shape index (κ3) is 2.39. The van der Waals surface area contributed by atoms with E-state index < -0.39 is 0 Å². The van der Waals surface area contributed by atoms with Crippen LogP contribution in [0.1, 0.15) is 39.0 Å². The molecule has 16 heavy (non-hydrogen) atoms. The monoisotopic (exact) mass is 238 g/mol. The lowest BCUT2D eigenvalue weighted by Gasteiger charge is -2.28. The molecule has 0 aromatic heterocycles. The van der Waals surface area contributed by atoms with Crippen LogP contribution >= 0.6 is 11.8 Å². The Morgan fingerprint density at radius 2 is 2.25 bits per heavy atom. The van der Waals surface area contributed by atoms with Gasteiger partial charge in [0.1, 0.15) is 0 Å². The normalized spacial score (nSPS) is 38.2. The number of hydrogen-bond acceptors (Lipinski definition) is 2. The standard InChI is InChI=1S/C13H22N2S/c1-9(10-5-6-10)7-14-13-15-12-4-2-3-11(12)8-16-13/h9-12H,2-8H2,1H3,(H,14,15). The van der Waals surface area contributed by atoms with E-state index in [0.29, 0.717) is 0 Å². The summed E-state index contributed by atoms with van der Waals surface area (Å²) < 4.78 is 0. The van der Waals surface area contributed by atoms with Crippen molar-refractivity contribution in [3.05, 3.63) is 0 Å². The fourth-order valence-corrected chi connectivity index (χ4v) is 4.12. The first-order valence-electron chi connectivity index (χ1n) is 6.76. The van der Waals surface area contributed by atoms with Crippen LogP contribution in [0.15, 0.2) is 4.99 Å². The molecular formula is C13H22N2S. The number of rotatable bonds is 3. The number of fused-ring (bicyclic) bond motifs is 1. The molecule has 0 bridgehead atoms. The summed E-state index contributed by atoms with van der Waals surface area (Å²) in [5.74, 6) is 4.01. The summed E-state index contributed by atoms with van der Waals surface area (Å²) >= 11 is 1.95. The lowest BCUT2D eigenvalue weighted by Crippen LogP contribution is -2.41. The zero-order valence-corrected chi connectivity index (χ0v) is 10.9. The summed E-state index contributed by atoms with van der Waals surface area (Å²) in [4.78, 5) is 4.77. The van der Waals surface area contributed by atoms with Crippen molar-refractivity contribution in [2.75, 3.05) is 12.3 Å². The molecule has 0 spiro atoms. The Kier molecular flexibility index (Phi) is 3.14. The van der Waals surface area contributed by atoms with E-state index >= 15 is 0 Å². The van der Waals surface area contributed by atoms with Gasteiger partial charge < -0.3 is 5.32 Å². The van der Waals surface area contributed by atoms with Crippen LogP contribution in [0.2, 0.25) is 0 Å². The minimum atomic E-state index is 0.747. The number of thioether (sulfide) groups is 1. The minimum Gasteiger partial charge on any atom is -0.362 e. The van der Waals surface area contributed by atoms with Gasteiger partial charge in [0, 0.05) is 18.3 Å². The molecule has 1 aliphatic heterocycles. The molecule has 1 heterocycles. The molecule has 2 saturated carbocycles. The van der Waals surface area contributed by atoms with Crippen molar-refractivity contribution >= 4 is 16.9 Å². The van der Waals surface area contributed by atoms with E-state index in [-0.39, 0.29) is 0 Å². The van der Waals surface area contributed by atoms with Gasteiger partial charge in [0.05, 0.1) is 0 Å². The molecule has 3 atom stereocenters. The quantitative estimate of drug-likeness (QED) is 0.817. The second kappa shape index (κ2) is 4.59. The van der Waals surface area contributed by atoms with E-state index in [0.717, 1.165) is 30.3 Å².